The second-order valence-corrected chi connectivity index (χ2v) is 6.81. The van der Waals surface area contributed by atoms with E-state index in [9.17, 15) is 14.4 Å². The average molecular weight is 404 g/mol. The molecule has 0 unspecified atom stereocenters. The summed E-state index contributed by atoms with van der Waals surface area (Å²) in [4.78, 5) is 37.6. The summed E-state index contributed by atoms with van der Waals surface area (Å²) < 4.78 is 4.98. The maximum atomic E-state index is 12.2. The van der Waals surface area contributed by atoms with Gasteiger partial charge in [-0.1, -0.05) is 29.8 Å². The van der Waals surface area contributed by atoms with Gasteiger partial charge in [-0.2, -0.15) is 0 Å². The zero-order valence-corrected chi connectivity index (χ0v) is 16.7. The van der Waals surface area contributed by atoms with Crippen LogP contribution in [0.3, 0.4) is 0 Å². The second kappa shape index (κ2) is 9.23. The van der Waals surface area contributed by atoms with Gasteiger partial charge < -0.3 is 20.7 Å². The topological polar surface area (TPSA) is 102 Å². The van der Waals surface area contributed by atoms with Crippen LogP contribution in [0.15, 0.2) is 36.4 Å². The number of anilines is 2. The first-order valence-corrected chi connectivity index (χ1v) is 8.89. The van der Waals surface area contributed by atoms with Crippen LogP contribution in [0, 0.1) is 13.8 Å². The predicted molar refractivity (Wildman–Crippen MR) is 108 cm³/mol. The van der Waals surface area contributed by atoms with Crippen LogP contribution in [0.25, 0.3) is 0 Å². The van der Waals surface area contributed by atoms with Crippen molar-refractivity contribution in [3.63, 3.8) is 0 Å². The third-order valence-electron chi connectivity index (χ3n) is 4.11. The number of amides is 2. The van der Waals surface area contributed by atoms with E-state index in [0.717, 1.165) is 16.8 Å². The molecule has 148 valence electrons. The minimum atomic E-state index is -0.740. The Balaban J connectivity index is 1.88. The molecule has 28 heavy (non-hydrogen) atoms. The number of aryl methyl sites for hydroxylation is 2. The number of benzene rings is 2. The van der Waals surface area contributed by atoms with Crippen LogP contribution in [0.4, 0.5) is 11.4 Å². The van der Waals surface area contributed by atoms with Crippen molar-refractivity contribution >= 4 is 40.8 Å². The Morgan fingerprint density at radius 2 is 1.79 bits per heavy atom. The number of esters is 1. The third kappa shape index (κ3) is 5.47. The fourth-order valence-corrected chi connectivity index (χ4v) is 2.71. The number of halogens is 1. The number of likely N-dealkylation sites (N-methyl/N-ethyl adjacent to an activating group) is 1. The Bertz CT molecular complexity index is 894. The smallest absolute Gasteiger partial charge is 0.340 e. The summed E-state index contributed by atoms with van der Waals surface area (Å²) in [5.41, 5.74) is 8.57. The van der Waals surface area contributed by atoms with E-state index < -0.39 is 18.5 Å². The second-order valence-electron chi connectivity index (χ2n) is 6.37. The van der Waals surface area contributed by atoms with Crippen molar-refractivity contribution in [2.45, 2.75) is 13.8 Å². The number of para-hydroxylation sites is 1. The standard InChI is InChI=1S/C20H22ClN3O4/c1-12-5-4-6-13(2)19(12)23-17(25)10-24(3)18(26)11-28-20(27)15-8-7-14(21)9-16(15)22/h4-9H,10-11,22H2,1-3H3,(H,23,25). The van der Waals surface area contributed by atoms with Crippen molar-refractivity contribution < 1.29 is 19.1 Å². The van der Waals surface area contributed by atoms with E-state index in [-0.39, 0.29) is 23.7 Å². The molecular formula is C20H22ClN3O4. The Kier molecular flexibility index (Phi) is 7.00. The molecule has 0 aliphatic carbocycles. The van der Waals surface area contributed by atoms with Crippen LogP contribution in [-0.4, -0.2) is 42.9 Å². The van der Waals surface area contributed by atoms with E-state index in [1.54, 1.807) is 0 Å². The predicted octanol–water partition coefficient (Wildman–Crippen LogP) is 2.79. The lowest BCUT2D eigenvalue weighted by molar-refractivity contribution is -0.136. The molecule has 2 rings (SSSR count). The number of ether oxygens (including phenoxy) is 1. The number of carbonyl (C=O) groups excluding carboxylic acids is 3. The minimum absolute atomic E-state index is 0.118. The number of nitrogen functional groups attached to an aromatic ring is 1. The number of rotatable bonds is 6. The van der Waals surface area contributed by atoms with Crippen LogP contribution < -0.4 is 11.1 Å². The first-order chi connectivity index (χ1) is 13.2. The van der Waals surface area contributed by atoms with Crippen molar-refractivity contribution in [3.05, 3.63) is 58.1 Å². The molecule has 0 saturated heterocycles. The molecule has 3 N–H and O–H groups in total. The zero-order valence-electron chi connectivity index (χ0n) is 15.9. The molecule has 0 heterocycles. The van der Waals surface area contributed by atoms with E-state index in [4.69, 9.17) is 22.1 Å². The molecule has 2 amide bonds. The summed E-state index contributed by atoms with van der Waals surface area (Å²) in [5, 5.41) is 3.19. The summed E-state index contributed by atoms with van der Waals surface area (Å²) in [6.45, 7) is 3.10. The highest BCUT2D eigenvalue weighted by atomic mass is 35.5. The zero-order chi connectivity index (χ0) is 20.8. The number of carbonyl (C=O) groups is 3. The van der Waals surface area contributed by atoms with Crippen LogP contribution >= 0.6 is 11.6 Å². The Labute approximate surface area is 168 Å². The lowest BCUT2D eigenvalue weighted by Crippen LogP contribution is -2.37. The van der Waals surface area contributed by atoms with Crippen LogP contribution in [0.1, 0.15) is 21.5 Å². The van der Waals surface area contributed by atoms with Crippen molar-refractivity contribution in [1.29, 1.82) is 0 Å². The van der Waals surface area contributed by atoms with Gasteiger partial charge in [-0.15, -0.1) is 0 Å². The van der Waals surface area contributed by atoms with Gasteiger partial charge in [0.1, 0.15) is 0 Å². The Morgan fingerprint density at radius 3 is 2.39 bits per heavy atom. The lowest BCUT2D eigenvalue weighted by atomic mass is 10.1. The van der Waals surface area contributed by atoms with E-state index in [0.29, 0.717) is 5.02 Å². The van der Waals surface area contributed by atoms with Gasteiger partial charge in [-0.25, -0.2) is 4.79 Å². The highest BCUT2D eigenvalue weighted by Gasteiger charge is 2.18. The van der Waals surface area contributed by atoms with Gasteiger partial charge in [-0.3, -0.25) is 9.59 Å². The molecule has 0 aliphatic rings. The first kappa shape index (κ1) is 21.2. The van der Waals surface area contributed by atoms with Crippen molar-refractivity contribution in [2.75, 3.05) is 31.2 Å². The number of nitrogens with one attached hydrogen (secondary N) is 1. The van der Waals surface area contributed by atoms with E-state index in [2.05, 4.69) is 5.32 Å². The fourth-order valence-electron chi connectivity index (χ4n) is 2.53. The number of nitrogens with zero attached hydrogens (tertiary/aromatic N) is 1. The molecule has 0 atom stereocenters. The molecule has 8 heteroatoms. The molecule has 0 spiro atoms. The molecule has 0 aromatic heterocycles. The largest absolute Gasteiger partial charge is 0.452 e. The molecule has 0 bridgehead atoms. The van der Waals surface area contributed by atoms with Crippen LogP contribution in [0.5, 0.6) is 0 Å². The lowest BCUT2D eigenvalue weighted by Gasteiger charge is -2.18. The first-order valence-electron chi connectivity index (χ1n) is 8.51. The molecule has 0 saturated carbocycles. The number of hydrogen-bond acceptors (Lipinski definition) is 5. The van der Waals surface area contributed by atoms with Gasteiger partial charge >= 0.3 is 5.97 Å². The Hall–Kier alpha value is -3.06. The highest BCUT2D eigenvalue weighted by molar-refractivity contribution is 6.31. The van der Waals surface area contributed by atoms with E-state index in [1.807, 2.05) is 32.0 Å². The Morgan fingerprint density at radius 1 is 1.14 bits per heavy atom. The molecular weight excluding hydrogens is 382 g/mol. The monoisotopic (exact) mass is 403 g/mol. The van der Waals surface area contributed by atoms with Crippen LogP contribution in [-0.2, 0) is 14.3 Å². The summed E-state index contributed by atoms with van der Waals surface area (Å²) in [6.07, 6.45) is 0. The molecule has 0 radical (unpaired) electrons. The normalized spacial score (nSPS) is 10.3. The highest BCUT2D eigenvalue weighted by Crippen LogP contribution is 2.20. The molecule has 2 aromatic rings. The maximum Gasteiger partial charge on any atom is 0.340 e. The molecule has 2 aromatic carbocycles. The quantitative estimate of drug-likeness (QED) is 0.570. The van der Waals surface area contributed by atoms with Gasteiger partial charge in [0.15, 0.2) is 6.61 Å². The molecule has 0 aliphatic heterocycles. The van der Waals surface area contributed by atoms with Gasteiger partial charge in [0.05, 0.1) is 12.1 Å². The summed E-state index contributed by atoms with van der Waals surface area (Å²) >= 11 is 5.79. The van der Waals surface area contributed by atoms with Gasteiger partial charge in [0.2, 0.25) is 5.91 Å². The average Bonchev–Trinajstić information content (AvgIpc) is 2.62. The minimum Gasteiger partial charge on any atom is -0.452 e. The van der Waals surface area contributed by atoms with Crippen molar-refractivity contribution in [2.24, 2.45) is 0 Å². The van der Waals surface area contributed by atoms with E-state index in [1.165, 1.54) is 30.1 Å². The number of hydrogen-bond donors (Lipinski definition) is 2. The molecule has 0 fully saturated rings. The molecule has 7 nitrogen and oxygen atoms in total. The fraction of sp³-hybridized carbons (Fsp3) is 0.250. The SMILES string of the molecule is Cc1cccc(C)c1NC(=O)CN(C)C(=O)COC(=O)c1ccc(Cl)cc1N. The third-order valence-corrected chi connectivity index (χ3v) is 4.35. The van der Waals surface area contributed by atoms with Gasteiger partial charge in [-0.05, 0) is 43.2 Å². The van der Waals surface area contributed by atoms with E-state index >= 15 is 0 Å². The number of nitrogens with two attached hydrogens (primary N) is 1. The summed E-state index contributed by atoms with van der Waals surface area (Å²) in [6, 6.07) is 10.0. The van der Waals surface area contributed by atoms with Gasteiger partial charge in [0.25, 0.3) is 5.91 Å². The summed E-state index contributed by atoms with van der Waals surface area (Å²) in [7, 11) is 1.46. The van der Waals surface area contributed by atoms with Crippen molar-refractivity contribution in [1.82, 2.24) is 4.90 Å². The van der Waals surface area contributed by atoms with Crippen LogP contribution in [0.2, 0.25) is 5.02 Å². The maximum absolute atomic E-state index is 12.2. The van der Waals surface area contributed by atoms with Gasteiger partial charge in [0, 0.05) is 23.4 Å². The summed E-state index contributed by atoms with van der Waals surface area (Å²) in [5.74, 6) is -1.60. The van der Waals surface area contributed by atoms with Crippen molar-refractivity contribution in [3.8, 4) is 0 Å².